The molecule has 20 heavy (non-hydrogen) atoms. The van der Waals surface area contributed by atoms with E-state index in [1.165, 1.54) is 6.08 Å². The van der Waals surface area contributed by atoms with Gasteiger partial charge in [0.15, 0.2) is 0 Å². The van der Waals surface area contributed by atoms with Crippen molar-refractivity contribution in [3.63, 3.8) is 0 Å². The van der Waals surface area contributed by atoms with Crippen molar-refractivity contribution in [2.75, 3.05) is 0 Å². The molecule has 0 radical (unpaired) electrons. The Kier molecular flexibility index (Phi) is 4.39. The SMILES string of the molecule is CCC(C)(C)C1(C(C)(C)CC)C(C=CC#N)C1C(=O)O. The predicted octanol–water partition coefficient (Wildman–Crippen LogP) is 4.26. The Morgan fingerprint density at radius 1 is 1.25 bits per heavy atom. The fraction of sp³-hybridized carbons (Fsp3) is 0.765. The summed E-state index contributed by atoms with van der Waals surface area (Å²) in [6.07, 6.45) is 5.11. The number of nitriles is 1. The van der Waals surface area contributed by atoms with E-state index in [4.69, 9.17) is 5.26 Å². The molecule has 1 aliphatic carbocycles. The van der Waals surface area contributed by atoms with Crippen LogP contribution in [-0.4, -0.2) is 11.1 Å². The average molecular weight is 277 g/mol. The molecule has 0 aromatic rings. The molecule has 3 heteroatoms. The Morgan fingerprint density at radius 2 is 1.70 bits per heavy atom. The quantitative estimate of drug-likeness (QED) is 0.738. The summed E-state index contributed by atoms with van der Waals surface area (Å²) in [5.41, 5.74) is -0.456. The van der Waals surface area contributed by atoms with E-state index >= 15 is 0 Å². The molecule has 1 rings (SSSR count). The summed E-state index contributed by atoms with van der Waals surface area (Å²) in [5.74, 6) is -1.18. The van der Waals surface area contributed by atoms with Crippen molar-refractivity contribution in [2.45, 2.75) is 54.4 Å². The number of nitrogens with zero attached hydrogens (tertiary/aromatic N) is 1. The van der Waals surface area contributed by atoms with Gasteiger partial charge in [-0.2, -0.15) is 5.26 Å². The zero-order chi connectivity index (χ0) is 15.8. The van der Waals surface area contributed by atoms with Gasteiger partial charge >= 0.3 is 5.97 Å². The zero-order valence-electron chi connectivity index (χ0n) is 13.5. The van der Waals surface area contributed by atoms with Gasteiger partial charge < -0.3 is 5.11 Å². The van der Waals surface area contributed by atoms with Crippen molar-refractivity contribution < 1.29 is 9.90 Å². The maximum Gasteiger partial charge on any atom is 0.307 e. The minimum atomic E-state index is -0.736. The van der Waals surface area contributed by atoms with Crippen LogP contribution < -0.4 is 0 Å². The molecule has 2 atom stereocenters. The lowest BCUT2D eigenvalue weighted by atomic mass is 9.57. The standard InChI is InChI=1S/C17H27NO2/c1-7-15(3,4)17(16(5,6)8-2)12(10-9-11-18)13(17)14(19)20/h9-10,12-13H,7-8H2,1-6H3,(H,19,20). The largest absolute Gasteiger partial charge is 0.481 e. The number of rotatable bonds is 6. The van der Waals surface area contributed by atoms with Gasteiger partial charge in [-0.05, 0) is 16.7 Å². The third-order valence-corrected chi connectivity index (χ3v) is 5.92. The minimum Gasteiger partial charge on any atom is -0.481 e. The number of carboxylic acid groups (broad SMARTS) is 1. The molecular formula is C17H27NO2. The second-order valence-electron chi connectivity index (χ2n) is 7.17. The molecule has 1 saturated carbocycles. The Hall–Kier alpha value is -1.30. The molecule has 3 nitrogen and oxygen atoms in total. The topological polar surface area (TPSA) is 61.1 Å². The fourth-order valence-electron chi connectivity index (χ4n) is 4.42. The van der Waals surface area contributed by atoms with Crippen molar-refractivity contribution in [1.29, 1.82) is 5.26 Å². The molecule has 0 bridgehead atoms. The van der Waals surface area contributed by atoms with Gasteiger partial charge in [0.05, 0.1) is 12.0 Å². The Labute approximate surface area is 122 Å². The van der Waals surface area contributed by atoms with E-state index in [1.807, 2.05) is 12.1 Å². The second-order valence-corrected chi connectivity index (χ2v) is 7.17. The molecule has 2 unspecified atom stereocenters. The first kappa shape index (κ1) is 16.8. The summed E-state index contributed by atoms with van der Waals surface area (Å²) >= 11 is 0. The van der Waals surface area contributed by atoms with Crippen LogP contribution in [0.4, 0.5) is 0 Å². The van der Waals surface area contributed by atoms with Gasteiger partial charge in [-0.3, -0.25) is 4.79 Å². The van der Waals surface area contributed by atoms with E-state index in [9.17, 15) is 9.90 Å². The van der Waals surface area contributed by atoms with Gasteiger partial charge in [0, 0.05) is 11.5 Å². The minimum absolute atomic E-state index is 0.0513. The van der Waals surface area contributed by atoms with Crippen molar-refractivity contribution in [3.05, 3.63) is 12.2 Å². The molecule has 0 amide bonds. The summed E-state index contributed by atoms with van der Waals surface area (Å²) in [7, 11) is 0. The Morgan fingerprint density at radius 3 is 2.00 bits per heavy atom. The van der Waals surface area contributed by atoms with Crippen LogP contribution in [-0.2, 0) is 4.79 Å². The van der Waals surface area contributed by atoms with Gasteiger partial charge in [0.25, 0.3) is 0 Å². The third-order valence-electron chi connectivity index (χ3n) is 5.92. The molecule has 1 fully saturated rings. The highest BCUT2D eigenvalue weighted by atomic mass is 16.4. The van der Waals surface area contributed by atoms with E-state index in [0.29, 0.717) is 0 Å². The normalized spacial score (nSPS) is 25.4. The van der Waals surface area contributed by atoms with Gasteiger partial charge in [-0.25, -0.2) is 0 Å². The number of carbonyl (C=O) groups is 1. The number of hydrogen-bond donors (Lipinski definition) is 1. The fourth-order valence-corrected chi connectivity index (χ4v) is 4.42. The van der Waals surface area contributed by atoms with E-state index in [1.54, 1.807) is 0 Å². The van der Waals surface area contributed by atoms with Crippen LogP contribution >= 0.6 is 0 Å². The lowest BCUT2D eigenvalue weighted by molar-refractivity contribution is -0.142. The summed E-state index contributed by atoms with van der Waals surface area (Å²) in [6, 6.07) is 2.00. The first-order chi connectivity index (χ1) is 9.14. The van der Waals surface area contributed by atoms with Gasteiger partial charge in [0.1, 0.15) is 0 Å². The maximum atomic E-state index is 11.8. The van der Waals surface area contributed by atoms with E-state index < -0.39 is 11.9 Å². The number of carboxylic acids is 1. The highest BCUT2D eigenvalue weighted by molar-refractivity contribution is 5.77. The van der Waals surface area contributed by atoms with Crippen LogP contribution in [0.3, 0.4) is 0 Å². The maximum absolute atomic E-state index is 11.8. The monoisotopic (exact) mass is 277 g/mol. The predicted molar refractivity (Wildman–Crippen MR) is 79.9 cm³/mol. The van der Waals surface area contributed by atoms with Crippen molar-refractivity contribution in [3.8, 4) is 6.07 Å². The smallest absolute Gasteiger partial charge is 0.307 e. The number of allylic oxidation sites excluding steroid dienone is 2. The van der Waals surface area contributed by atoms with Crippen LogP contribution in [0.1, 0.15) is 54.4 Å². The molecule has 1 N–H and O–H groups in total. The molecular weight excluding hydrogens is 250 g/mol. The van der Waals surface area contributed by atoms with Crippen LogP contribution in [0.2, 0.25) is 0 Å². The summed E-state index contributed by atoms with van der Waals surface area (Å²) in [6.45, 7) is 12.9. The van der Waals surface area contributed by atoms with E-state index in [2.05, 4.69) is 41.5 Å². The lowest BCUT2D eigenvalue weighted by Crippen LogP contribution is -2.41. The molecule has 112 valence electrons. The van der Waals surface area contributed by atoms with Gasteiger partial charge in [0.2, 0.25) is 0 Å². The molecule has 0 aromatic carbocycles. The summed E-state index contributed by atoms with van der Waals surface area (Å²) in [4.78, 5) is 11.8. The molecule has 0 heterocycles. The van der Waals surface area contributed by atoms with Crippen molar-refractivity contribution >= 4 is 5.97 Å². The van der Waals surface area contributed by atoms with Crippen LogP contribution in [0, 0.1) is 39.4 Å². The lowest BCUT2D eigenvalue weighted by Gasteiger charge is -2.46. The second kappa shape index (κ2) is 5.24. The summed E-state index contributed by atoms with van der Waals surface area (Å²) in [5, 5.41) is 18.4. The highest BCUT2D eigenvalue weighted by Gasteiger charge is 2.77. The number of aliphatic carboxylic acids is 1. The molecule has 0 spiro atoms. The molecule has 0 aliphatic heterocycles. The third kappa shape index (κ3) is 2.06. The van der Waals surface area contributed by atoms with Gasteiger partial charge in [-0.15, -0.1) is 0 Å². The first-order valence-corrected chi connectivity index (χ1v) is 7.43. The molecule has 0 saturated heterocycles. The van der Waals surface area contributed by atoms with E-state index in [0.717, 1.165) is 12.8 Å². The van der Waals surface area contributed by atoms with Crippen LogP contribution in [0.5, 0.6) is 0 Å². The average Bonchev–Trinajstić information content (AvgIpc) is 3.08. The van der Waals surface area contributed by atoms with Crippen molar-refractivity contribution in [1.82, 2.24) is 0 Å². The summed E-state index contributed by atoms with van der Waals surface area (Å²) < 4.78 is 0. The first-order valence-electron chi connectivity index (χ1n) is 7.43. The molecule has 0 aromatic heterocycles. The van der Waals surface area contributed by atoms with Gasteiger partial charge in [-0.1, -0.05) is 60.5 Å². The Bertz CT molecular complexity index is 438. The zero-order valence-corrected chi connectivity index (χ0v) is 13.5. The molecule has 1 aliphatic rings. The number of hydrogen-bond acceptors (Lipinski definition) is 2. The van der Waals surface area contributed by atoms with Crippen LogP contribution in [0.15, 0.2) is 12.2 Å². The van der Waals surface area contributed by atoms with Crippen LogP contribution in [0.25, 0.3) is 0 Å². The van der Waals surface area contributed by atoms with Crippen molar-refractivity contribution in [2.24, 2.45) is 28.1 Å². The Balaban J connectivity index is 3.44. The van der Waals surface area contributed by atoms with E-state index in [-0.39, 0.29) is 22.2 Å². The highest BCUT2D eigenvalue weighted by Crippen LogP contribution is 2.77.